The lowest BCUT2D eigenvalue weighted by Crippen LogP contribution is -2.39. The molecule has 0 bridgehead atoms. The summed E-state index contributed by atoms with van der Waals surface area (Å²) in [6, 6.07) is 11.2. The van der Waals surface area contributed by atoms with Gasteiger partial charge >= 0.3 is 0 Å². The minimum Gasteiger partial charge on any atom is -0.317 e. The van der Waals surface area contributed by atoms with Crippen LogP contribution < -0.4 is 5.32 Å². The monoisotopic (exact) mass is 272 g/mol. The van der Waals surface area contributed by atoms with E-state index in [4.69, 9.17) is 0 Å². The van der Waals surface area contributed by atoms with E-state index >= 15 is 0 Å². The average molecular weight is 272 g/mol. The normalized spacial score (nSPS) is 17.4. The molecule has 20 heavy (non-hydrogen) atoms. The highest BCUT2D eigenvalue weighted by Crippen LogP contribution is 2.15. The second-order valence-electron chi connectivity index (χ2n) is 6.05. The van der Waals surface area contributed by atoms with Crippen molar-refractivity contribution in [3.05, 3.63) is 42.0 Å². The number of rotatable bonds is 6. The summed E-state index contributed by atoms with van der Waals surface area (Å²) in [5, 5.41) is 3.45. The van der Waals surface area contributed by atoms with Crippen LogP contribution in [0.25, 0.3) is 6.08 Å². The van der Waals surface area contributed by atoms with Gasteiger partial charge in [0.1, 0.15) is 0 Å². The number of hydrogen-bond acceptors (Lipinski definition) is 2. The summed E-state index contributed by atoms with van der Waals surface area (Å²) in [6.45, 7) is 9.27. The third-order valence-corrected chi connectivity index (χ3v) is 4.13. The van der Waals surface area contributed by atoms with Crippen molar-refractivity contribution in [2.75, 3.05) is 26.2 Å². The van der Waals surface area contributed by atoms with Crippen LogP contribution in [0.15, 0.2) is 36.4 Å². The van der Waals surface area contributed by atoms with Gasteiger partial charge in [0.2, 0.25) is 0 Å². The van der Waals surface area contributed by atoms with E-state index in [1.165, 1.54) is 38.0 Å². The first-order chi connectivity index (χ1) is 9.75. The number of benzene rings is 1. The molecule has 1 aromatic carbocycles. The molecule has 1 fully saturated rings. The molecular weight excluding hydrogens is 244 g/mol. The van der Waals surface area contributed by atoms with Gasteiger partial charge in [0, 0.05) is 19.1 Å². The largest absolute Gasteiger partial charge is 0.317 e. The summed E-state index contributed by atoms with van der Waals surface area (Å²) in [5.74, 6) is 0.865. The molecule has 1 aliphatic heterocycles. The maximum absolute atomic E-state index is 3.45. The Morgan fingerprint density at radius 1 is 1.20 bits per heavy atom. The van der Waals surface area contributed by atoms with E-state index < -0.39 is 0 Å². The molecular formula is C18H28N2. The lowest BCUT2D eigenvalue weighted by molar-refractivity contribution is 0.186. The van der Waals surface area contributed by atoms with E-state index in [1.807, 2.05) is 0 Å². The minimum absolute atomic E-state index is 0.616. The van der Waals surface area contributed by atoms with Crippen molar-refractivity contribution in [1.82, 2.24) is 10.2 Å². The maximum Gasteiger partial charge on any atom is 0.0169 e. The average Bonchev–Trinajstić information content (AvgIpc) is 2.48. The standard InChI is InChI=1S/C18H28N2/c1-16(2)20(15-18-10-12-19-13-11-18)14-6-9-17-7-4-3-5-8-17/h3-9,16,18-19H,10-15H2,1-2H3. The first-order valence-corrected chi connectivity index (χ1v) is 7.92. The first kappa shape index (κ1) is 15.3. The smallest absolute Gasteiger partial charge is 0.0169 e. The molecule has 1 heterocycles. The molecule has 0 saturated carbocycles. The van der Waals surface area contributed by atoms with Crippen molar-refractivity contribution < 1.29 is 0 Å². The molecule has 0 atom stereocenters. The van der Waals surface area contributed by atoms with Crippen LogP contribution in [0.3, 0.4) is 0 Å². The van der Waals surface area contributed by atoms with Crippen molar-refractivity contribution in [2.24, 2.45) is 5.92 Å². The van der Waals surface area contributed by atoms with Gasteiger partial charge in [-0.3, -0.25) is 4.90 Å². The highest BCUT2D eigenvalue weighted by atomic mass is 15.1. The first-order valence-electron chi connectivity index (χ1n) is 7.92. The molecule has 1 aromatic rings. The maximum atomic E-state index is 3.45. The fourth-order valence-corrected chi connectivity index (χ4v) is 2.78. The van der Waals surface area contributed by atoms with Gasteiger partial charge in [-0.25, -0.2) is 0 Å². The summed E-state index contributed by atoms with van der Waals surface area (Å²) in [5.41, 5.74) is 1.29. The van der Waals surface area contributed by atoms with Gasteiger partial charge in [-0.15, -0.1) is 0 Å². The van der Waals surface area contributed by atoms with Crippen LogP contribution in [0.2, 0.25) is 0 Å². The van der Waals surface area contributed by atoms with Crippen LogP contribution in [-0.4, -0.2) is 37.1 Å². The molecule has 110 valence electrons. The van der Waals surface area contributed by atoms with E-state index in [1.54, 1.807) is 0 Å². The summed E-state index contributed by atoms with van der Waals surface area (Å²) >= 11 is 0. The van der Waals surface area contributed by atoms with Gasteiger partial charge in [0.15, 0.2) is 0 Å². The molecule has 0 aliphatic carbocycles. The zero-order chi connectivity index (χ0) is 14.2. The Balaban J connectivity index is 1.84. The topological polar surface area (TPSA) is 15.3 Å². The summed E-state index contributed by atoms with van der Waals surface area (Å²) in [6.07, 6.45) is 7.19. The molecule has 1 N–H and O–H groups in total. The van der Waals surface area contributed by atoms with E-state index in [0.717, 1.165) is 12.5 Å². The fraction of sp³-hybridized carbons (Fsp3) is 0.556. The van der Waals surface area contributed by atoms with Gasteiger partial charge in [0.25, 0.3) is 0 Å². The molecule has 2 rings (SSSR count). The Hall–Kier alpha value is -1.12. The minimum atomic E-state index is 0.616. The lowest BCUT2D eigenvalue weighted by atomic mass is 9.97. The van der Waals surface area contributed by atoms with E-state index in [2.05, 4.69) is 66.5 Å². The van der Waals surface area contributed by atoms with Crippen LogP contribution in [-0.2, 0) is 0 Å². The Morgan fingerprint density at radius 3 is 2.55 bits per heavy atom. The Bertz CT molecular complexity index is 391. The molecule has 1 saturated heterocycles. The van der Waals surface area contributed by atoms with Gasteiger partial charge in [-0.2, -0.15) is 0 Å². The summed E-state index contributed by atoms with van der Waals surface area (Å²) < 4.78 is 0. The van der Waals surface area contributed by atoms with E-state index in [9.17, 15) is 0 Å². The highest BCUT2D eigenvalue weighted by Gasteiger charge is 2.17. The van der Waals surface area contributed by atoms with E-state index in [-0.39, 0.29) is 0 Å². The van der Waals surface area contributed by atoms with E-state index in [0.29, 0.717) is 6.04 Å². The second kappa shape index (κ2) is 8.23. The van der Waals surface area contributed by atoms with Crippen molar-refractivity contribution in [1.29, 1.82) is 0 Å². The zero-order valence-electron chi connectivity index (χ0n) is 12.9. The Morgan fingerprint density at radius 2 is 1.90 bits per heavy atom. The molecule has 2 heteroatoms. The van der Waals surface area contributed by atoms with Gasteiger partial charge in [0.05, 0.1) is 0 Å². The van der Waals surface area contributed by atoms with Crippen LogP contribution in [0.1, 0.15) is 32.3 Å². The molecule has 0 amide bonds. The van der Waals surface area contributed by atoms with Crippen LogP contribution in [0.5, 0.6) is 0 Å². The number of nitrogens with one attached hydrogen (secondary N) is 1. The van der Waals surface area contributed by atoms with Crippen LogP contribution in [0, 0.1) is 5.92 Å². The Labute approximate surface area is 123 Å². The quantitative estimate of drug-likeness (QED) is 0.853. The Kier molecular flexibility index (Phi) is 6.28. The fourth-order valence-electron chi connectivity index (χ4n) is 2.78. The molecule has 0 spiro atoms. The third kappa shape index (κ3) is 5.10. The van der Waals surface area contributed by atoms with Gasteiger partial charge < -0.3 is 5.32 Å². The SMILES string of the molecule is CC(C)N(CC=Cc1ccccc1)CC1CCNCC1. The molecule has 1 aliphatic rings. The van der Waals surface area contributed by atoms with Crippen molar-refractivity contribution in [2.45, 2.75) is 32.7 Å². The van der Waals surface area contributed by atoms with Crippen LogP contribution >= 0.6 is 0 Å². The lowest BCUT2D eigenvalue weighted by Gasteiger charge is -2.32. The summed E-state index contributed by atoms with van der Waals surface area (Å²) in [4.78, 5) is 2.59. The third-order valence-electron chi connectivity index (χ3n) is 4.13. The zero-order valence-corrected chi connectivity index (χ0v) is 12.9. The highest BCUT2D eigenvalue weighted by molar-refractivity contribution is 5.48. The predicted octanol–water partition coefficient (Wildman–Crippen LogP) is 3.41. The van der Waals surface area contributed by atoms with Gasteiger partial charge in [-0.1, -0.05) is 42.5 Å². The predicted molar refractivity (Wildman–Crippen MR) is 87.8 cm³/mol. The number of nitrogens with zero attached hydrogens (tertiary/aromatic N) is 1. The van der Waals surface area contributed by atoms with Crippen LogP contribution in [0.4, 0.5) is 0 Å². The summed E-state index contributed by atoms with van der Waals surface area (Å²) in [7, 11) is 0. The number of hydrogen-bond donors (Lipinski definition) is 1. The molecule has 0 radical (unpaired) electrons. The second-order valence-corrected chi connectivity index (χ2v) is 6.05. The molecule has 0 aromatic heterocycles. The van der Waals surface area contributed by atoms with Crippen molar-refractivity contribution in [3.63, 3.8) is 0 Å². The molecule has 0 unspecified atom stereocenters. The van der Waals surface area contributed by atoms with Crippen molar-refractivity contribution in [3.8, 4) is 0 Å². The molecule has 2 nitrogen and oxygen atoms in total. The number of piperidine rings is 1. The van der Waals surface area contributed by atoms with Crippen molar-refractivity contribution >= 4 is 6.08 Å². The van der Waals surface area contributed by atoms with Gasteiger partial charge in [-0.05, 0) is 51.3 Å².